The average molecular weight is 249 g/mol. The van der Waals surface area contributed by atoms with Crippen LogP contribution in [-0.4, -0.2) is 31.7 Å². The first-order valence-corrected chi connectivity index (χ1v) is 6.05. The molecule has 1 heterocycles. The van der Waals surface area contributed by atoms with Crippen molar-refractivity contribution < 1.29 is 9.53 Å². The molecule has 1 aromatic rings. The maximum atomic E-state index is 11.3. The van der Waals surface area contributed by atoms with E-state index in [0.29, 0.717) is 11.3 Å². The number of para-hydroxylation sites is 1. The first-order valence-electron chi connectivity index (χ1n) is 6.05. The minimum absolute atomic E-state index is 0.159. The molecule has 0 radical (unpaired) electrons. The summed E-state index contributed by atoms with van der Waals surface area (Å²) in [6.45, 7) is 2.80. The average Bonchev–Trinajstić information content (AvgIpc) is 2.74. The van der Waals surface area contributed by atoms with E-state index in [1.165, 1.54) is 0 Å². The molecule has 2 unspecified atom stereocenters. The number of benzene rings is 1. The van der Waals surface area contributed by atoms with Crippen LogP contribution < -0.4 is 16.4 Å². The Morgan fingerprint density at radius 3 is 2.78 bits per heavy atom. The molecule has 4 N–H and O–H groups in total. The fourth-order valence-electron chi connectivity index (χ4n) is 2.48. The van der Waals surface area contributed by atoms with Crippen molar-refractivity contribution >= 4 is 17.3 Å². The van der Waals surface area contributed by atoms with E-state index in [2.05, 4.69) is 4.90 Å². The van der Waals surface area contributed by atoms with Crippen molar-refractivity contribution in [3.63, 3.8) is 0 Å². The molecule has 1 aliphatic heterocycles. The van der Waals surface area contributed by atoms with Gasteiger partial charge in [0.25, 0.3) is 5.91 Å². The van der Waals surface area contributed by atoms with Crippen LogP contribution in [0.1, 0.15) is 23.7 Å². The van der Waals surface area contributed by atoms with Gasteiger partial charge in [0.15, 0.2) is 0 Å². The lowest BCUT2D eigenvalue weighted by Gasteiger charge is -2.30. The number of anilines is 2. The lowest BCUT2D eigenvalue weighted by atomic mass is 10.1. The number of likely N-dealkylation sites (N-methyl/N-ethyl adjacent to an activating group) is 1. The molecule has 1 amide bonds. The number of hydrogen-bond donors (Lipinski definition) is 2. The van der Waals surface area contributed by atoms with Crippen molar-refractivity contribution in [3.8, 4) is 0 Å². The van der Waals surface area contributed by atoms with E-state index < -0.39 is 5.91 Å². The maximum Gasteiger partial charge on any atom is 0.250 e. The SMILES string of the molecule is CC1OCCC1N(C)c1cccc(C(N)=O)c1N. The van der Waals surface area contributed by atoms with Gasteiger partial charge in [-0.3, -0.25) is 4.79 Å². The van der Waals surface area contributed by atoms with Gasteiger partial charge in [0.2, 0.25) is 0 Å². The Kier molecular flexibility index (Phi) is 3.43. The van der Waals surface area contributed by atoms with Gasteiger partial charge in [-0.05, 0) is 25.5 Å². The number of ether oxygens (including phenoxy) is 1. The third kappa shape index (κ3) is 2.13. The molecule has 0 saturated carbocycles. The van der Waals surface area contributed by atoms with Crippen molar-refractivity contribution in [1.29, 1.82) is 0 Å². The van der Waals surface area contributed by atoms with Crippen molar-refractivity contribution in [3.05, 3.63) is 23.8 Å². The zero-order valence-corrected chi connectivity index (χ0v) is 10.7. The normalized spacial score (nSPS) is 23.0. The Morgan fingerprint density at radius 2 is 2.22 bits per heavy atom. The molecule has 0 bridgehead atoms. The summed E-state index contributed by atoms with van der Waals surface area (Å²) in [4.78, 5) is 13.4. The lowest BCUT2D eigenvalue weighted by molar-refractivity contribution is 0.100. The smallest absolute Gasteiger partial charge is 0.250 e. The fraction of sp³-hybridized carbons (Fsp3) is 0.462. The number of amides is 1. The highest BCUT2D eigenvalue weighted by Crippen LogP contribution is 2.30. The first kappa shape index (κ1) is 12.7. The quantitative estimate of drug-likeness (QED) is 0.782. The molecular weight excluding hydrogens is 230 g/mol. The highest BCUT2D eigenvalue weighted by Gasteiger charge is 2.29. The summed E-state index contributed by atoms with van der Waals surface area (Å²) in [6.07, 6.45) is 1.12. The second-order valence-corrected chi connectivity index (χ2v) is 4.65. The zero-order valence-electron chi connectivity index (χ0n) is 10.7. The summed E-state index contributed by atoms with van der Waals surface area (Å²) in [5.74, 6) is -0.501. The molecule has 5 nitrogen and oxygen atoms in total. The highest BCUT2D eigenvalue weighted by molar-refractivity contribution is 6.00. The number of nitrogen functional groups attached to an aromatic ring is 1. The van der Waals surface area contributed by atoms with Crippen LogP contribution in [0.2, 0.25) is 0 Å². The van der Waals surface area contributed by atoms with Crippen LogP contribution in [0.3, 0.4) is 0 Å². The van der Waals surface area contributed by atoms with Crippen molar-refractivity contribution in [1.82, 2.24) is 0 Å². The van der Waals surface area contributed by atoms with Crippen molar-refractivity contribution in [2.45, 2.75) is 25.5 Å². The summed E-state index contributed by atoms with van der Waals surface area (Å²) in [6, 6.07) is 5.61. The van der Waals surface area contributed by atoms with Crippen LogP contribution in [0.25, 0.3) is 0 Å². The number of carbonyl (C=O) groups is 1. The largest absolute Gasteiger partial charge is 0.396 e. The molecule has 0 spiro atoms. The molecule has 5 heteroatoms. The predicted molar refractivity (Wildman–Crippen MR) is 71.6 cm³/mol. The molecule has 1 fully saturated rings. The third-order valence-electron chi connectivity index (χ3n) is 3.56. The van der Waals surface area contributed by atoms with Gasteiger partial charge < -0.3 is 21.1 Å². The summed E-state index contributed by atoms with van der Waals surface area (Å²) < 4.78 is 5.55. The van der Waals surface area contributed by atoms with Crippen molar-refractivity contribution in [2.24, 2.45) is 5.73 Å². The van der Waals surface area contributed by atoms with Crippen LogP contribution in [-0.2, 0) is 4.74 Å². The monoisotopic (exact) mass is 249 g/mol. The number of primary amides is 1. The van der Waals surface area contributed by atoms with Gasteiger partial charge >= 0.3 is 0 Å². The van der Waals surface area contributed by atoms with Crippen LogP contribution in [0, 0.1) is 0 Å². The molecule has 98 valence electrons. The van der Waals surface area contributed by atoms with E-state index >= 15 is 0 Å². The first-order chi connectivity index (χ1) is 8.52. The number of nitrogens with zero attached hydrogens (tertiary/aromatic N) is 1. The minimum Gasteiger partial charge on any atom is -0.396 e. The highest BCUT2D eigenvalue weighted by atomic mass is 16.5. The van der Waals surface area contributed by atoms with E-state index in [0.717, 1.165) is 18.7 Å². The van der Waals surface area contributed by atoms with Gasteiger partial charge in [-0.15, -0.1) is 0 Å². The van der Waals surface area contributed by atoms with E-state index in [1.807, 2.05) is 20.0 Å². The number of rotatable bonds is 3. The second-order valence-electron chi connectivity index (χ2n) is 4.65. The number of nitrogens with two attached hydrogens (primary N) is 2. The van der Waals surface area contributed by atoms with E-state index in [9.17, 15) is 4.79 Å². The van der Waals surface area contributed by atoms with Gasteiger partial charge in [0.05, 0.1) is 29.1 Å². The van der Waals surface area contributed by atoms with Crippen LogP contribution in [0.15, 0.2) is 18.2 Å². The molecule has 0 aliphatic carbocycles. The molecular formula is C13H19N3O2. The Morgan fingerprint density at radius 1 is 1.50 bits per heavy atom. The Labute approximate surface area is 107 Å². The van der Waals surface area contributed by atoms with Gasteiger partial charge in [-0.1, -0.05) is 6.07 Å². The predicted octanol–water partition coefficient (Wildman–Crippen LogP) is 0.981. The van der Waals surface area contributed by atoms with Crippen molar-refractivity contribution in [2.75, 3.05) is 24.3 Å². The Balaban J connectivity index is 2.33. The molecule has 0 aromatic heterocycles. The molecule has 2 atom stereocenters. The van der Waals surface area contributed by atoms with Gasteiger partial charge in [-0.2, -0.15) is 0 Å². The lowest BCUT2D eigenvalue weighted by Crippen LogP contribution is -2.37. The molecule has 2 rings (SSSR count). The fourth-order valence-corrected chi connectivity index (χ4v) is 2.48. The van der Waals surface area contributed by atoms with Crippen LogP contribution in [0.4, 0.5) is 11.4 Å². The van der Waals surface area contributed by atoms with E-state index in [1.54, 1.807) is 12.1 Å². The van der Waals surface area contributed by atoms with Crippen LogP contribution in [0.5, 0.6) is 0 Å². The summed E-state index contributed by atoms with van der Waals surface area (Å²) in [7, 11) is 1.96. The van der Waals surface area contributed by atoms with Gasteiger partial charge in [0, 0.05) is 13.7 Å². The summed E-state index contributed by atoms with van der Waals surface area (Å²) in [5.41, 5.74) is 12.9. The van der Waals surface area contributed by atoms with Gasteiger partial charge in [0.1, 0.15) is 0 Å². The molecule has 1 aliphatic rings. The van der Waals surface area contributed by atoms with E-state index in [4.69, 9.17) is 16.2 Å². The summed E-state index contributed by atoms with van der Waals surface area (Å²) in [5, 5.41) is 0. The Bertz CT molecular complexity index is 462. The maximum absolute atomic E-state index is 11.3. The zero-order chi connectivity index (χ0) is 13.3. The Hall–Kier alpha value is -1.75. The second kappa shape index (κ2) is 4.86. The number of carbonyl (C=O) groups excluding carboxylic acids is 1. The summed E-state index contributed by atoms with van der Waals surface area (Å²) >= 11 is 0. The van der Waals surface area contributed by atoms with Crippen LogP contribution >= 0.6 is 0 Å². The van der Waals surface area contributed by atoms with E-state index in [-0.39, 0.29) is 12.1 Å². The molecule has 1 saturated heterocycles. The number of hydrogen-bond acceptors (Lipinski definition) is 4. The molecule has 18 heavy (non-hydrogen) atoms. The standard InChI is InChI=1S/C13H19N3O2/c1-8-10(6-7-18-8)16(2)11-5-3-4-9(12(11)14)13(15)17/h3-5,8,10H,6-7,14H2,1-2H3,(H2,15,17). The van der Waals surface area contributed by atoms with Gasteiger partial charge in [-0.25, -0.2) is 0 Å². The topological polar surface area (TPSA) is 81.6 Å². The molecule has 1 aromatic carbocycles. The minimum atomic E-state index is -0.501. The third-order valence-corrected chi connectivity index (χ3v) is 3.56.